The molecule has 1 aromatic rings. The standard InChI is InChI=1S/C15H22N2O2/c1-11-7-8-14(18-11)13-9-15(16)19-17(13)10-12-5-3-2-4-6-12/h7-9,12-13H,2-6,10,16H2,1H3. The van der Waals surface area contributed by atoms with Crippen LogP contribution in [0.4, 0.5) is 0 Å². The summed E-state index contributed by atoms with van der Waals surface area (Å²) in [6.45, 7) is 2.89. The van der Waals surface area contributed by atoms with Gasteiger partial charge >= 0.3 is 0 Å². The molecule has 2 heterocycles. The number of nitrogens with two attached hydrogens (primary N) is 1. The maximum absolute atomic E-state index is 5.82. The Balaban J connectivity index is 1.70. The van der Waals surface area contributed by atoms with Gasteiger partial charge in [0.05, 0.1) is 0 Å². The third-order valence-electron chi connectivity index (χ3n) is 4.07. The monoisotopic (exact) mass is 262 g/mol. The minimum Gasteiger partial charge on any atom is -0.464 e. The molecule has 2 aliphatic rings. The zero-order valence-corrected chi connectivity index (χ0v) is 11.5. The summed E-state index contributed by atoms with van der Waals surface area (Å²) in [7, 11) is 0. The van der Waals surface area contributed by atoms with E-state index in [0.717, 1.165) is 18.1 Å². The molecule has 19 heavy (non-hydrogen) atoms. The second-order valence-corrected chi connectivity index (χ2v) is 5.66. The number of aryl methyl sites for hydroxylation is 1. The van der Waals surface area contributed by atoms with Gasteiger partial charge in [0.2, 0.25) is 5.88 Å². The fraction of sp³-hybridized carbons (Fsp3) is 0.600. The maximum atomic E-state index is 5.82. The molecule has 1 saturated carbocycles. The van der Waals surface area contributed by atoms with Crippen molar-refractivity contribution in [1.82, 2.24) is 5.06 Å². The number of hydroxylamine groups is 2. The van der Waals surface area contributed by atoms with Gasteiger partial charge in [-0.1, -0.05) is 19.3 Å². The van der Waals surface area contributed by atoms with Gasteiger partial charge in [-0.05, 0) is 37.8 Å². The molecule has 104 valence electrons. The van der Waals surface area contributed by atoms with Crippen molar-refractivity contribution in [2.75, 3.05) is 6.54 Å². The second kappa shape index (κ2) is 5.29. The molecule has 3 rings (SSSR count). The van der Waals surface area contributed by atoms with Gasteiger partial charge in [0.1, 0.15) is 17.6 Å². The van der Waals surface area contributed by atoms with Crippen molar-refractivity contribution in [3.8, 4) is 0 Å². The van der Waals surface area contributed by atoms with Crippen LogP contribution in [0.1, 0.15) is 49.7 Å². The van der Waals surface area contributed by atoms with Gasteiger partial charge in [-0.15, -0.1) is 5.06 Å². The fourth-order valence-electron chi connectivity index (χ4n) is 3.07. The lowest BCUT2D eigenvalue weighted by molar-refractivity contribution is -0.134. The van der Waals surface area contributed by atoms with E-state index in [0.29, 0.717) is 11.8 Å². The molecule has 1 atom stereocenters. The predicted octanol–water partition coefficient (Wildman–Crippen LogP) is 3.26. The van der Waals surface area contributed by atoms with Crippen molar-refractivity contribution in [3.63, 3.8) is 0 Å². The van der Waals surface area contributed by atoms with Crippen LogP contribution in [0, 0.1) is 12.8 Å². The van der Waals surface area contributed by atoms with Crippen LogP contribution in [0.25, 0.3) is 0 Å². The quantitative estimate of drug-likeness (QED) is 0.908. The molecule has 0 amide bonds. The lowest BCUT2D eigenvalue weighted by Gasteiger charge is -2.28. The van der Waals surface area contributed by atoms with Gasteiger partial charge in [0.15, 0.2) is 0 Å². The summed E-state index contributed by atoms with van der Waals surface area (Å²) >= 11 is 0. The molecule has 0 radical (unpaired) electrons. The Morgan fingerprint density at radius 1 is 1.26 bits per heavy atom. The van der Waals surface area contributed by atoms with Crippen LogP contribution in [-0.2, 0) is 4.84 Å². The zero-order valence-electron chi connectivity index (χ0n) is 11.5. The summed E-state index contributed by atoms with van der Waals surface area (Å²) in [6, 6.07) is 4.01. The van der Waals surface area contributed by atoms with Crippen LogP contribution >= 0.6 is 0 Å². The SMILES string of the molecule is Cc1ccc(C2C=C(N)ON2CC2CCCCC2)o1. The molecule has 0 bridgehead atoms. The molecule has 0 aromatic carbocycles. The Morgan fingerprint density at radius 2 is 2.05 bits per heavy atom. The lowest BCUT2D eigenvalue weighted by Crippen LogP contribution is -2.30. The topological polar surface area (TPSA) is 51.6 Å². The van der Waals surface area contributed by atoms with E-state index in [1.807, 2.05) is 30.2 Å². The molecule has 4 heteroatoms. The minimum absolute atomic E-state index is 0.0237. The van der Waals surface area contributed by atoms with Crippen molar-refractivity contribution in [1.29, 1.82) is 0 Å². The van der Waals surface area contributed by atoms with E-state index in [-0.39, 0.29) is 6.04 Å². The normalized spacial score (nSPS) is 25.3. The van der Waals surface area contributed by atoms with E-state index in [1.165, 1.54) is 32.1 Å². The Bertz CT molecular complexity index is 460. The van der Waals surface area contributed by atoms with Crippen molar-refractivity contribution in [2.24, 2.45) is 11.7 Å². The fourth-order valence-corrected chi connectivity index (χ4v) is 3.07. The van der Waals surface area contributed by atoms with Crippen molar-refractivity contribution >= 4 is 0 Å². The second-order valence-electron chi connectivity index (χ2n) is 5.66. The van der Waals surface area contributed by atoms with Crippen molar-refractivity contribution < 1.29 is 9.25 Å². The predicted molar refractivity (Wildman–Crippen MR) is 72.8 cm³/mol. The van der Waals surface area contributed by atoms with Gasteiger partial charge in [-0.3, -0.25) is 0 Å². The molecule has 1 aromatic heterocycles. The molecule has 0 saturated heterocycles. The highest BCUT2D eigenvalue weighted by Crippen LogP contribution is 2.34. The molecule has 1 aliphatic heterocycles. The number of hydrogen-bond donors (Lipinski definition) is 1. The molecule has 4 nitrogen and oxygen atoms in total. The Morgan fingerprint density at radius 3 is 2.74 bits per heavy atom. The van der Waals surface area contributed by atoms with Crippen molar-refractivity contribution in [3.05, 3.63) is 35.6 Å². The first-order valence-electron chi connectivity index (χ1n) is 7.20. The molecule has 1 unspecified atom stereocenters. The number of rotatable bonds is 3. The molecule has 1 fully saturated rings. The highest BCUT2D eigenvalue weighted by molar-refractivity contribution is 5.17. The van der Waals surface area contributed by atoms with Crippen LogP contribution in [0.3, 0.4) is 0 Å². The Hall–Kier alpha value is -1.42. The molecular weight excluding hydrogens is 240 g/mol. The number of furan rings is 1. The van der Waals surface area contributed by atoms with Crippen LogP contribution in [0.5, 0.6) is 0 Å². The average Bonchev–Trinajstić information content (AvgIpc) is 2.97. The zero-order chi connectivity index (χ0) is 13.2. The minimum atomic E-state index is 0.0237. The molecule has 0 spiro atoms. The Kier molecular flexibility index (Phi) is 3.51. The highest BCUT2D eigenvalue weighted by Gasteiger charge is 2.31. The summed E-state index contributed by atoms with van der Waals surface area (Å²) in [4.78, 5) is 5.65. The van der Waals surface area contributed by atoms with E-state index in [2.05, 4.69) is 0 Å². The van der Waals surface area contributed by atoms with E-state index in [9.17, 15) is 0 Å². The van der Waals surface area contributed by atoms with Gasteiger partial charge < -0.3 is 15.0 Å². The largest absolute Gasteiger partial charge is 0.464 e. The average molecular weight is 262 g/mol. The van der Waals surface area contributed by atoms with E-state index in [4.69, 9.17) is 15.0 Å². The molecule has 1 aliphatic carbocycles. The van der Waals surface area contributed by atoms with Crippen molar-refractivity contribution in [2.45, 2.75) is 45.1 Å². The first-order valence-corrected chi connectivity index (χ1v) is 7.20. The summed E-state index contributed by atoms with van der Waals surface area (Å²) in [6.07, 6.45) is 8.57. The van der Waals surface area contributed by atoms with Gasteiger partial charge in [-0.25, -0.2) is 0 Å². The summed E-state index contributed by atoms with van der Waals surface area (Å²) in [5, 5.41) is 1.98. The molecule has 2 N–H and O–H groups in total. The Labute approximate surface area is 114 Å². The smallest absolute Gasteiger partial charge is 0.207 e. The lowest BCUT2D eigenvalue weighted by atomic mass is 9.89. The van der Waals surface area contributed by atoms with Gasteiger partial charge in [0.25, 0.3) is 0 Å². The van der Waals surface area contributed by atoms with Crippen LogP contribution in [0.2, 0.25) is 0 Å². The van der Waals surface area contributed by atoms with Crippen LogP contribution in [0.15, 0.2) is 28.5 Å². The molecular formula is C15H22N2O2. The van der Waals surface area contributed by atoms with E-state index < -0.39 is 0 Å². The highest BCUT2D eigenvalue weighted by atomic mass is 16.7. The van der Waals surface area contributed by atoms with E-state index in [1.54, 1.807) is 0 Å². The number of hydrogen-bond acceptors (Lipinski definition) is 4. The third-order valence-corrected chi connectivity index (χ3v) is 4.07. The van der Waals surface area contributed by atoms with Crippen LogP contribution < -0.4 is 5.73 Å². The first kappa shape index (κ1) is 12.6. The summed E-state index contributed by atoms with van der Waals surface area (Å²) < 4.78 is 5.71. The summed E-state index contributed by atoms with van der Waals surface area (Å²) in [5.41, 5.74) is 5.82. The maximum Gasteiger partial charge on any atom is 0.207 e. The van der Waals surface area contributed by atoms with Crippen LogP contribution in [-0.4, -0.2) is 11.6 Å². The summed E-state index contributed by atoms with van der Waals surface area (Å²) in [5.74, 6) is 3.03. The van der Waals surface area contributed by atoms with Gasteiger partial charge in [-0.2, -0.15) is 0 Å². The third kappa shape index (κ3) is 2.78. The van der Waals surface area contributed by atoms with E-state index >= 15 is 0 Å². The van der Waals surface area contributed by atoms with Gasteiger partial charge in [0, 0.05) is 12.6 Å². The number of nitrogens with zero attached hydrogens (tertiary/aromatic N) is 1. The first-order chi connectivity index (χ1) is 9.22.